The van der Waals surface area contributed by atoms with Crippen molar-refractivity contribution in [3.05, 3.63) is 11.6 Å². The molecule has 1 rings (SSSR count). The van der Waals surface area contributed by atoms with Gasteiger partial charge in [0.2, 0.25) is 0 Å². The van der Waals surface area contributed by atoms with Gasteiger partial charge in [-0.1, -0.05) is 38.7 Å². The summed E-state index contributed by atoms with van der Waals surface area (Å²) in [5, 5.41) is 0. The molecule has 0 saturated heterocycles. The lowest BCUT2D eigenvalue weighted by molar-refractivity contribution is -0.136. The molecule has 1 aliphatic carbocycles. The second-order valence-electron chi connectivity index (χ2n) is 4.85. The summed E-state index contributed by atoms with van der Waals surface area (Å²) in [5.41, 5.74) is 0.767. The third-order valence-electron chi connectivity index (χ3n) is 3.38. The van der Waals surface area contributed by atoms with Gasteiger partial charge in [0.1, 0.15) is 0 Å². The zero-order valence-corrected chi connectivity index (χ0v) is 10.8. The van der Waals surface area contributed by atoms with Crippen molar-refractivity contribution in [3.63, 3.8) is 0 Å². The summed E-state index contributed by atoms with van der Waals surface area (Å²) in [6.07, 6.45) is 10.1. The fourth-order valence-corrected chi connectivity index (χ4v) is 2.19. The number of ether oxygens (including phenoxy) is 1. The Kier molecular flexibility index (Phi) is 5.58. The van der Waals surface area contributed by atoms with Gasteiger partial charge in [-0.25, -0.2) is 4.79 Å². The Bertz CT molecular complexity index is 255. The lowest BCUT2D eigenvalue weighted by atomic mass is 10.1. The van der Waals surface area contributed by atoms with Crippen molar-refractivity contribution >= 4 is 5.97 Å². The summed E-state index contributed by atoms with van der Waals surface area (Å²) >= 11 is 0. The molecule has 2 heteroatoms. The Balaban J connectivity index is 2.16. The third kappa shape index (κ3) is 4.38. The number of carbonyl (C=O) groups excluding carboxylic acids is 1. The molecule has 0 aliphatic heterocycles. The molecule has 1 aliphatic rings. The van der Waals surface area contributed by atoms with Crippen LogP contribution in [0.15, 0.2) is 11.6 Å². The van der Waals surface area contributed by atoms with Crippen molar-refractivity contribution in [3.8, 4) is 0 Å². The van der Waals surface area contributed by atoms with Gasteiger partial charge in [-0.2, -0.15) is 0 Å². The average molecular weight is 224 g/mol. The van der Waals surface area contributed by atoms with E-state index in [-0.39, 0.29) is 5.97 Å². The number of hydrogen-bond acceptors (Lipinski definition) is 2. The molecular weight excluding hydrogens is 200 g/mol. The van der Waals surface area contributed by atoms with Crippen LogP contribution in [-0.2, 0) is 9.53 Å². The van der Waals surface area contributed by atoms with Crippen molar-refractivity contribution < 1.29 is 9.53 Å². The molecule has 2 nitrogen and oxygen atoms in total. The third-order valence-corrected chi connectivity index (χ3v) is 3.38. The second-order valence-corrected chi connectivity index (χ2v) is 4.85. The van der Waals surface area contributed by atoms with E-state index in [1.807, 2.05) is 6.92 Å². The molecule has 92 valence electrons. The van der Waals surface area contributed by atoms with Crippen molar-refractivity contribution in [2.24, 2.45) is 11.8 Å². The maximum Gasteiger partial charge on any atom is 0.333 e. The van der Waals surface area contributed by atoms with Crippen molar-refractivity contribution in [2.75, 3.05) is 7.11 Å². The van der Waals surface area contributed by atoms with Crippen LogP contribution in [0.25, 0.3) is 0 Å². The molecule has 0 bridgehead atoms. The Labute approximate surface area is 99.1 Å². The van der Waals surface area contributed by atoms with E-state index in [9.17, 15) is 4.79 Å². The van der Waals surface area contributed by atoms with Crippen molar-refractivity contribution in [1.29, 1.82) is 0 Å². The first kappa shape index (κ1) is 13.3. The predicted octanol–water partition coefficient (Wildman–Crippen LogP) is 3.71. The predicted molar refractivity (Wildman–Crippen MR) is 66.1 cm³/mol. The maximum absolute atomic E-state index is 11.2. The maximum atomic E-state index is 11.2. The van der Waals surface area contributed by atoms with Crippen LogP contribution in [0.3, 0.4) is 0 Å². The van der Waals surface area contributed by atoms with Crippen LogP contribution in [0.4, 0.5) is 0 Å². The van der Waals surface area contributed by atoms with Gasteiger partial charge in [-0.05, 0) is 31.6 Å². The fraction of sp³-hybridized carbons (Fsp3) is 0.786. The first-order valence-corrected chi connectivity index (χ1v) is 6.45. The molecule has 0 aromatic rings. The number of unbranched alkanes of at least 4 members (excludes halogenated alkanes) is 3. The normalized spacial score (nSPS) is 24.3. The highest BCUT2D eigenvalue weighted by molar-refractivity contribution is 5.87. The molecule has 2 atom stereocenters. The fourth-order valence-electron chi connectivity index (χ4n) is 2.19. The Morgan fingerprint density at radius 2 is 2.12 bits per heavy atom. The molecule has 16 heavy (non-hydrogen) atoms. The average Bonchev–Trinajstić information content (AvgIpc) is 3.01. The standard InChI is InChI=1S/C14H24O2/c1-4-5-6-7-8-12-10-13(12)9-11(2)14(15)16-3/h9,12-13H,4-8,10H2,1-3H3/b11-9+/t12-,13-/m1/s1. The molecule has 1 saturated carbocycles. The van der Waals surface area contributed by atoms with Gasteiger partial charge in [0.05, 0.1) is 7.11 Å². The Hall–Kier alpha value is -0.790. The van der Waals surface area contributed by atoms with Crippen LogP contribution >= 0.6 is 0 Å². The first-order valence-electron chi connectivity index (χ1n) is 6.45. The monoisotopic (exact) mass is 224 g/mol. The van der Waals surface area contributed by atoms with E-state index in [1.54, 1.807) is 0 Å². The van der Waals surface area contributed by atoms with Crippen LogP contribution < -0.4 is 0 Å². The number of carbonyl (C=O) groups is 1. The van der Waals surface area contributed by atoms with Crippen LogP contribution in [-0.4, -0.2) is 13.1 Å². The molecular formula is C14H24O2. The minimum Gasteiger partial charge on any atom is -0.466 e. The zero-order valence-electron chi connectivity index (χ0n) is 10.8. The zero-order chi connectivity index (χ0) is 12.0. The molecule has 0 radical (unpaired) electrons. The second kappa shape index (κ2) is 6.72. The molecule has 0 aromatic carbocycles. The number of esters is 1. The Morgan fingerprint density at radius 3 is 2.75 bits per heavy atom. The molecule has 0 N–H and O–H groups in total. The van der Waals surface area contributed by atoms with Gasteiger partial charge >= 0.3 is 5.97 Å². The minimum atomic E-state index is -0.184. The lowest BCUT2D eigenvalue weighted by Crippen LogP contribution is -2.01. The topological polar surface area (TPSA) is 26.3 Å². The number of hydrogen-bond donors (Lipinski definition) is 0. The van der Waals surface area contributed by atoms with Crippen LogP contribution in [0.5, 0.6) is 0 Å². The van der Waals surface area contributed by atoms with E-state index in [0.717, 1.165) is 11.5 Å². The largest absolute Gasteiger partial charge is 0.466 e. The molecule has 0 heterocycles. The van der Waals surface area contributed by atoms with Crippen LogP contribution in [0, 0.1) is 11.8 Å². The molecule has 0 unspecified atom stereocenters. The highest BCUT2D eigenvalue weighted by atomic mass is 16.5. The van der Waals surface area contributed by atoms with Crippen LogP contribution in [0.1, 0.15) is 52.4 Å². The summed E-state index contributed by atoms with van der Waals surface area (Å²) in [5.74, 6) is 1.29. The van der Waals surface area contributed by atoms with E-state index in [1.165, 1.54) is 45.6 Å². The Morgan fingerprint density at radius 1 is 1.38 bits per heavy atom. The van der Waals surface area contributed by atoms with E-state index >= 15 is 0 Å². The molecule has 1 fully saturated rings. The van der Waals surface area contributed by atoms with Gasteiger partial charge in [0, 0.05) is 5.57 Å². The van der Waals surface area contributed by atoms with Gasteiger partial charge < -0.3 is 4.74 Å². The van der Waals surface area contributed by atoms with Gasteiger partial charge in [0.15, 0.2) is 0 Å². The summed E-state index contributed by atoms with van der Waals surface area (Å²) in [6.45, 7) is 4.08. The summed E-state index contributed by atoms with van der Waals surface area (Å²) in [6, 6.07) is 0. The van der Waals surface area contributed by atoms with E-state index in [4.69, 9.17) is 0 Å². The van der Waals surface area contributed by atoms with E-state index in [0.29, 0.717) is 5.92 Å². The van der Waals surface area contributed by atoms with Crippen molar-refractivity contribution in [2.45, 2.75) is 52.4 Å². The number of allylic oxidation sites excluding steroid dienone is 1. The number of methoxy groups -OCH3 is 1. The van der Waals surface area contributed by atoms with Crippen molar-refractivity contribution in [1.82, 2.24) is 0 Å². The van der Waals surface area contributed by atoms with E-state index < -0.39 is 0 Å². The van der Waals surface area contributed by atoms with E-state index in [2.05, 4.69) is 17.7 Å². The van der Waals surface area contributed by atoms with Crippen LogP contribution in [0.2, 0.25) is 0 Å². The van der Waals surface area contributed by atoms with Gasteiger partial charge in [0.25, 0.3) is 0 Å². The summed E-state index contributed by atoms with van der Waals surface area (Å²) in [4.78, 5) is 11.2. The smallest absolute Gasteiger partial charge is 0.333 e. The molecule has 0 aromatic heterocycles. The molecule has 0 amide bonds. The summed E-state index contributed by atoms with van der Waals surface area (Å²) < 4.78 is 4.68. The first-order chi connectivity index (χ1) is 7.69. The lowest BCUT2D eigenvalue weighted by Gasteiger charge is -1.99. The number of rotatable bonds is 7. The van der Waals surface area contributed by atoms with Gasteiger partial charge in [-0.3, -0.25) is 0 Å². The minimum absolute atomic E-state index is 0.184. The van der Waals surface area contributed by atoms with Gasteiger partial charge in [-0.15, -0.1) is 0 Å². The SMILES string of the molecule is CCCCCC[C@@H]1C[C@H]1/C=C(\C)C(=O)OC. The quantitative estimate of drug-likeness (QED) is 0.374. The molecule has 0 spiro atoms. The highest BCUT2D eigenvalue weighted by Gasteiger charge is 2.34. The summed E-state index contributed by atoms with van der Waals surface area (Å²) in [7, 11) is 1.44. The highest BCUT2D eigenvalue weighted by Crippen LogP contribution is 2.44.